The molecule has 272 valence electrons. The lowest BCUT2D eigenvalue weighted by atomic mass is 9.66. The molecule has 0 amide bonds. The van der Waals surface area contributed by atoms with E-state index < -0.39 is 5.41 Å². The molecular weight excluding hydrogens is 707 g/mol. The molecule has 3 nitrogen and oxygen atoms in total. The first-order chi connectivity index (χ1) is 28.8. The van der Waals surface area contributed by atoms with Crippen LogP contribution in [0.3, 0.4) is 0 Å². The predicted molar refractivity (Wildman–Crippen MR) is 237 cm³/mol. The zero-order valence-electron chi connectivity index (χ0n) is 31.5. The Bertz CT molecular complexity index is 3150. The van der Waals surface area contributed by atoms with E-state index in [1.165, 1.54) is 33.4 Å². The van der Waals surface area contributed by atoms with E-state index in [0.29, 0.717) is 0 Å². The van der Waals surface area contributed by atoms with E-state index in [-0.39, 0.29) is 0 Å². The fourth-order valence-electron chi connectivity index (χ4n) is 9.73. The molecule has 1 aromatic heterocycles. The van der Waals surface area contributed by atoms with Crippen LogP contribution in [0.1, 0.15) is 22.3 Å². The highest BCUT2D eigenvalue weighted by Crippen LogP contribution is 2.63. The zero-order valence-corrected chi connectivity index (χ0v) is 31.5. The van der Waals surface area contributed by atoms with Crippen molar-refractivity contribution in [2.24, 2.45) is 0 Å². The summed E-state index contributed by atoms with van der Waals surface area (Å²) in [5, 5.41) is 2.20. The van der Waals surface area contributed by atoms with Gasteiger partial charge in [-0.1, -0.05) is 152 Å². The molecule has 0 radical (unpaired) electrons. The van der Waals surface area contributed by atoms with Crippen molar-refractivity contribution in [1.82, 2.24) is 0 Å². The summed E-state index contributed by atoms with van der Waals surface area (Å²) in [6.45, 7) is 0. The standard InChI is InChI=1S/C55H35NO2/c1-3-16-36(17-4-1)37-30-32-39(33-31-37)56(38-18-5-2-6-19-38)49-26-12-8-21-41(49)42-22-15-29-52-54(42)44-34-43-40-20-7-9-23-45(40)55(48(43)35-53(44)58-52)46-24-10-13-27-50(46)57-51-28-14-11-25-47(51)55/h1-35H. The number of ether oxygens (including phenoxy) is 1. The molecule has 9 aromatic carbocycles. The number of anilines is 3. The van der Waals surface area contributed by atoms with Gasteiger partial charge in [-0.2, -0.15) is 0 Å². The van der Waals surface area contributed by atoms with Crippen molar-refractivity contribution in [3.63, 3.8) is 0 Å². The van der Waals surface area contributed by atoms with Crippen molar-refractivity contribution in [3.05, 3.63) is 235 Å². The average molecular weight is 742 g/mol. The molecule has 2 heterocycles. The Morgan fingerprint density at radius 3 is 1.67 bits per heavy atom. The van der Waals surface area contributed by atoms with Gasteiger partial charge in [0.15, 0.2) is 0 Å². The molecule has 58 heavy (non-hydrogen) atoms. The van der Waals surface area contributed by atoms with Crippen LogP contribution in [0.2, 0.25) is 0 Å². The van der Waals surface area contributed by atoms with Crippen LogP contribution < -0.4 is 9.64 Å². The lowest BCUT2D eigenvalue weighted by molar-refractivity contribution is 0.436. The molecule has 0 bridgehead atoms. The number of para-hydroxylation sites is 4. The van der Waals surface area contributed by atoms with Crippen molar-refractivity contribution in [2.45, 2.75) is 5.41 Å². The molecule has 1 aliphatic heterocycles. The predicted octanol–water partition coefficient (Wildman–Crippen LogP) is 14.9. The Morgan fingerprint density at radius 2 is 0.931 bits per heavy atom. The van der Waals surface area contributed by atoms with Crippen LogP contribution in [0, 0.1) is 0 Å². The molecule has 0 fully saturated rings. The summed E-state index contributed by atoms with van der Waals surface area (Å²) >= 11 is 0. The third-order valence-electron chi connectivity index (χ3n) is 12.1. The maximum atomic E-state index is 6.93. The normalized spacial score (nSPS) is 13.1. The summed E-state index contributed by atoms with van der Waals surface area (Å²) in [4.78, 5) is 2.36. The first-order valence-corrected chi connectivity index (χ1v) is 19.8. The summed E-state index contributed by atoms with van der Waals surface area (Å²) in [7, 11) is 0. The van der Waals surface area contributed by atoms with Gasteiger partial charge in [0.1, 0.15) is 22.7 Å². The van der Waals surface area contributed by atoms with Crippen molar-refractivity contribution >= 4 is 39.0 Å². The van der Waals surface area contributed by atoms with Crippen molar-refractivity contribution in [2.75, 3.05) is 4.90 Å². The molecule has 0 saturated carbocycles. The minimum atomic E-state index is -0.563. The van der Waals surface area contributed by atoms with Gasteiger partial charge in [0.25, 0.3) is 0 Å². The van der Waals surface area contributed by atoms with Gasteiger partial charge in [-0.25, -0.2) is 0 Å². The summed E-state index contributed by atoms with van der Waals surface area (Å²) in [5.41, 5.74) is 16.2. The van der Waals surface area contributed by atoms with Crippen molar-refractivity contribution in [3.8, 4) is 44.9 Å². The van der Waals surface area contributed by atoms with Gasteiger partial charge in [0.05, 0.1) is 11.1 Å². The largest absolute Gasteiger partial charge is 0.457 e. The lowest BCUT2D eigenvalue weighted by Crippen LogP contribution is -2.32. The maximum Gasteiger partial charge on any atom is 0.136 e. The van der Waals surface area contributed by atoms with E-state index in [1.54, 1.807) is 0 Å². The molecule has 3 heteroatoms. The minimum absolute atomic E-state index is 0.563. The number of nitrogens with zero attached hydrogens (tertiary/aromatic N) is 1. The molecule has 0 unspecified atom stereocenters. The Labute approximate surface area is 336 Å². The molecule has 0 N–H and O–H groups in total. The fourth-order valence-corrected chi connectivity index (χ4v) is 9.73. The van der Waals surface area contributed by atoms with Gasteiger partial charge < -0.3 is 14.1 Å². The number of hydrogen-bond donors (Lipinski definition) is 0. The first kappa shape index (κ1) is 32.6. The fraction of sp³-hybridized carbons (Fsp3) is 0.0182. The first-order valence-electron chi connectivity index (χ1n) is 19.8. The Kier molecular flexibility index (Phi) is 7.14. The van der Waals surface area contributed by atoms with Crippen LogP contribution in [0.15, 0.2) is 217 Å². The van der Waals surface area contributed by atoms with Crippen LogP contribution >= 0.6 is 0 Å². The summed E-state index contributed by atoms with van der Waals surface area (Å²) in [6.07, 6.45) is 0. The number of furan rings is 1. The average Bonchev–Trinajstić information content (AvgIpc) is 3.80. The highest BCUT2D eigenvalue weighted by Gasteiger charge is 2.51. The molecule has 0 saturated heterocycles. The number of rotatable bonds is 5. The second-order valence-corrected chi connectivity index (χ2v) is 15.2. The highest BCUT2D eigenvalue weighted by molar-refractivity contribution is 6.15. The molecule has 1 spiro atoms. The van der Waals surface area contributed by atoms with E-state index in [9.17, 15) is 0 Å². The third kappa shape index (κ3) is 4.68. The van der Waals surface area contributed by atoms with Gasteiger partial charge in [0.2, 0.25) is 0 Å². The molecule has 12 rings (SSSR count). The highest BCUT2D eigenvalue weighted by atomic mass is 16.5. The minimum Gasteiger partial charge on any atom is -0.457 e. The number of fused-ring (bicyclic) bond motifs is 12. The van der Waals surface area contributed by atoms with Crippen LogP contribution in [0.5, 0.6) is 11.5 Å². The quantitative estimate of drug-likeness (QED) is 0.176. The second-order valence-electron chi connectivity index (χ2n) is 15.2. The SMILES string of the molecule is c1ccc(-c2ccc(N(c3ccccc3)c3ccccc3-c3cccc4oc5cc6c(cc5c34)-c3ccccc3C63c4ccccc4Oc4ccccc43)cc2)cc1. The van der Waals surface area contributed by atoms with E-state index in [0.717, 1.165) is 72.8 Å². The van der Waals surface area contributed by atoms with Crippen LogP contribution in [-0.4, -0.2) is 0 Å². The van der Waals surface area contributed by atoms with Crippen molar-refractivity contribution in [1.29, 1.82) is 0 Å². The van der Waals surface area contributed by atoms with Crippen molar-refractivity contribution < 1.29 is 9.15 Å². The summed E-state index contributed by atoms with van der Waals surface area (Å²) in [5.74, 6) is 1.76. The van der Waals surface area contributed by atoms with E-state index in [1.807, 2.05) is 0 Å². The Morgan fingerprint density at radius 1 is 0.362 bits per heavy atom. The number of benzene rings is 9. The molecule has 1 aliphatic carbocycles. The summed E-state index contributed by atoms with van der Waals surface area (Å²) < 4.78 is 13.5. The Balaban J connectivity index is 1.08. The smallest absolute Gasteiger partial charge is 0.136 e. The van der Waals surface area contributed by atoms with Gasteiger partial charge in [0, 0.05) is 38.8 Å². The Hall–Kier alpha value is -7.62. The topological polar surface area (TPSA) is 25.6 Å². The lowest BCUT2D eigenvalue weighted by Gasteiger charge is -2.39. The van der Waals surface area contributed by atoms with Crippen LogP contribution in [0.4, 0.5) is 17.1 Å². The molecule has 2 aliphatic rings. The second kappa shape index (κ2) is 12.7. The van der Waals surface area contributed by atoms with Crippen LogP contribution in [0.25, 0.3) is 55.3 Å². The third-order valence-corrected chi connectivity index (χ3v) is 12.1. The summed E-state index contributed by atoms with van der Waals surface area (Å²) in [6, 6.07) is 75.8. The zero-order chi connectivity index (χ0) is 38.2. The number of hydrogen-bond acceptors (Lipinski definition) is 3. The van der Waals surface area contributed by atoms with Crippen LogP contribution in [-0.2, 0) is 5.41 Å². The van der Waals surface area contributed by atoms with E-state index in [4.69, 9.17) is 9.15 Å². The van der Waals surface area contributed by atoms with Gasteiger partial charge in [-0.15, -0.1) is 0 Å². The molecular formula is C55H35NO2. The molecule has 0 atom stereocenters. The molecule has 10 aromatic rings. The monoisotopic (exact) mass is 741 g/mol. The van der Waals surface area contributed by atoms with E-state index in [2.05, 4.69) is 217 Å². The maximum absolute atomic E-state index is 6.93. The van der Waals surface area contributed by atoms with Gasteiger partial charge in [-0.05, 0) is 99.6 Å². The van der Waals surface area contributed by atoms with E-state index >= 15 is 0 Å². The van der Waals surface area contributed by atoms with Gasteiger partial charge in [-0.3, -0.25) is 0 Å². The van der Waals surface area contributed by atoms with Gasteiger partial charge >= 0.3 is 0 Å².